The minimum Gasteiger partial charge on any atom is -0.504 e. The lowest BCUT2D eigenvalue weighted by molar-refractivity contribution is -0.111. The van der Waals surface area contributed by atoms with E-state index in [0.717, 1.165) is 24.8 Å². The van der Waals surface area contributed by atoms with Gasteiger partial charge in [-0.3, -0.25) is 4.79 Å². The van der Waals surface area contributed by atoms with Gasteiger partial charge < -0.3 is 4.74 Å². The maximum absolute atomic E-state index is 11.2. The Morgan fingerprint density at radius 2 is 2.55 bits per heavy atom. The molecule has 0 N–H and O–H groups in total. The summed E-state index contributed by atoms with van der Waals surface area (Å²) in [7, 11) is 1.53. The molecule has 60 valence electrons. The molecular weight excluding hydrogens is 140 g/mol. The molecule has 0 heterocycles. The molecule has 0 aromatic carbocycles. The summed E-state index contributed by atoms with van der Waals surface area (Å²) in [6.45, 7) is 0. The minimum absolute atomic E-state index is 0.0874. The van der Waals surface area contributed by atoms with Gasteiger partial charge in [-0.1, -0.05) is 6.08 Å². The molecule has 1 rings (SSSR count). The SMILES string of the molecule is COC=CC(=O)C1=CCCC1. The van der Waals surface area contributed by atoms with E-state index in [1.165, 1.54) is 19.4 Å². The molecule has 0 fully saturated rings. The Morgan fingerprint density at radius 1 is 1.73 bits per heavy atom. The van der Waals surface area contributed by atoms with E-state index in [1.54, 1.807) is 0 Å². The van der Waals surface area contributed by atoms with E-state index in [2.05, 4.69) is 4.74 Å². The second-order valence-corrected chi connectivity index (χ2v) is 2.52. The Balaban J connectivity index is 2.47. The number of ether oxygens (including phenoxy) is 1. The number of allylic oxidation sites excluding steroid dienone is 3. The number of ketones is 1. The largest absolute Gasteiger partial charge is 0.504 e. The van der Waals surface area contributed by atoms with Crippen LogP contribution in [0, 0.1) is 0 Å². The van der Waals surface area contributed by atoms with Crippen LogP contribution < -0.4 is 0 Å². The second kappa shape index (κ2) is 3.96. The van der Waals surface area contributed by atoms with Crippen molar-refractivity contribution in [3.05, 3.63) is 24.0 Å². The molecule has 1 aliphatic rings. The standard InChI is InChI=1S/C9H12O2/c1-11-7-6-9(10)8-4-2-3-5-8/h4,6-7H,2-3,5H2,1H3. The highest BCUT2D eigenvalue weighted by atomic mass is 16.5. The van der Waals surface area contributed by atoms with Crippen LogP contribution in [0.4, 0.5) is 0 Å². The zero-order valence-corrected chi connectivity index (χ0v) is 6.67. The molecule has 0 aromatic rings. The third-order valence-electron chi connectivity index (χ3n) is 1.71. The summed E-state index contributed by atoms with van der Waals surface area (Å²) in [6.07, 6.45) is 7.97. The van der Waals surface area contributed by atoms with Crippen LogP contribution in [-0.4, -0.2) is 12.9 Å². The lowest BCUT2D eigenvalue weighted by atomic mass is 10.1. The first-order chi connectivity index (χ1) is 5.34. The van der Waals surface area contributed by atoms with E-state index in [-0.39, 0.29) is 5.78 Å². The van der Waals surface area contributed by atoms with Crippen LogP contribution in [0.1, 0.15) is 19.3 Å². The first-order valence-electron chi connectivity index (χ1n) is 3.77. The van der Waals surface area contributed by atoms with Gasteiger partial charge in [0, 0.05) is 6.08 Å². The average Bonchev–Trinajstić information content (AvgIpc) is 2.52. The summed E-state index contributed by atoms with van der Waals surface area (Å²) in [6, 6.07) is 0. The number of hydrogen-bond donors (Lipinski definition) is 0. The summed E-state index contributed by atoms with van der Waals surface area (Å²) in [5.41, 5.74) is 0.929. The monoisotopic (exact) mass is 152 g/mol. The predicted octanol–water partition coefficient (Wildman–Crippen LogP) is 1.83. The molecule has 0 amide bonds. The molecular formula is C9H12O2. The van der Waals surface area contributed by atoms with Crippen LogP contribution in [0.3, 0.4) is 0 Å². The fraction of sp³-hybridized carbons (Fsp3) is 0.444. The first-order valence-corrected chi connectivity index (χ1v) is 3.77. The van der Waals surface area contributed by atoms with Crippen molar-refractivity contribution in [2.24, 2.45) is 0 Å². The normalized spacial score (nSPS) is 17.0. The van der Waals surface area contributed by atoms with Crippen LogP contribution in [0.5, 0.6) is 0 Å². The van der Waals surface area contributed by atoms with Gasteiger partial charge in [-0.25, -0.2) is 0 Å². The summed E-state index contributed by atoms with van der Waals surface area (Å²) >= 11 is 0. The molecule has 0 bridgehead atoms. The molecule has 0 radical (unpaired) electrons. The molecule has 0 saturated carbocycles. The van der Waals surface area contributed by atoms with Crippen molar-refractivity contribution in [2.75, 3.05) is 7.11 Å². The summed E-state index contributed by atoms with van der Waals surface area (Å²) in [4.78, 5) is 11.2. The van der Waals surface area contributed by atoms with Crippen LogP contribution in [-0.2, 0) is 9.53 Å². The lowest BCUT2D eigenvalue weighted by Gasteiger charge is -1.92. The maximum Gasteiger partial charge on any atom is 0.184 e. The van der Waals surface area contributed by atoms with Crippen molar-refractivity contribution < 1.29 is 9.53 Å². The molecule has 0 atom stereocenters. The number of rotatable bonds is 3. The van der Waals surface area contributed by atoms with Gasteiger partial charge >= 0.3 is 0 Å². The maximum atomic E-state index is 11.2. The third-order valence-corrected chi connectivity index (χ3v) is 1.71. The lowest BCUT2D eigenvalue weighted by Crippen LogP contribution is -1.94. The van der Waals surface area contributed by atoms with E-state index in [9.17, 15) is 4.79 Å². The highest BCUT2D eigenvalue weighted by Crippen LogP contribution is 2.18. The molecule has 0 saturated heterocycles. The van der Waals surface area contributed by atoms with Gasteiger partial charge in [0.2, 0.25) is 0 Å². The van der Waals surface area contributed by atoms with E-state index < -0.39 is 0 Å². The Morgan fingerprint density at radius 3 is 3.09 bits per heavy atom. The van der Waals surface area contributed by atoms with Crippen LogP contribution in [0.2, 0.25) is 0 Å². The third kappa shape index (κ3) is 2.22. The summed E-state index contributed by atoms with van der Waals surface area (Å²) in [5.74, 6) is 0.0874. The van der Waals surface area contributed by atoms with Crippen molar-refractivity contribution in [2.45, 2.75) is 19.3 Å². The first kappa shape index (κ1) is 8.05. The minimum atomic E-state index is 0.0874. The molecule has 11 heavy (non-hydrogen) atoms. The van der Waals surface area contributed by atoms with Crippen LogP contribution in [0.25, 0.3) is 0 Å². The quantitative estimate of drug-likeness (QED) is 0.455. The highest BCUT2D eigenvalue weighted by molar-refractivity contribution is 6.03. The van der Waals surface area contributed by atoms with E-state index in [0.29, 0.717) is 0 Å². The van der Waals surface area contributed by atoms with Gasteiger partial charge in [-0.05, 0) is 24.8 Å². The molecule has 1 aliphatic carbocycles. The van der Waals surface area contributed by atoms with Gasteiger partial charge in [0.05, 0.1) is 13.4 Å². The molecule has 0 aromatic heterocycles. The fourth-order valence-corrected chi connectivity index (χ4v) is 1.13. The molecule has 2 nitrogen and oxygen atoms in total. The molecule has 0 unspecified atom stereocenters. The predicted molar refractivity (Wildman–Crippen MR) is 43.1 cm³/mol. The van der Waals surface area contributed by atoms with Crippen molar-refractivity contribution in [1.29, 1.82) is 0 Å². The zero-order chi connectivity index (χ0) is 8.10. The van der Waals surface area contributed by atoms with Crippen molar-refractivity contribution in [3.63, 3.8) is 0 Å². The zero-order valence-electron chi connectivity index (χ0n) is 6.67. The second-order valence-electron chi connectivity index (χ2n) is 2.52. The Bertz CT molecular complexity index is 202. The number of methoxy groups -OCH3 is 1. The highest BCUT2D eigenvalue weighted by Gasteiger charge is 2.09. The van der Waals surface area contributed by atoms with Gasteiger partial charge in [0.25, 0.3) is 0 Å². The summed E-state index contributed by atoms with van der Waals surface area (Å²) in [5, 5.41) is 0. The Labute approximate surface area is 66.5 Å². The van der Waals surface area contributed by atoms with Crippen LogP contribution in [0.15, 0.2) is 24.0 Å². The van der Waals surface area contributed by atoms with Gasteiger partial charge in [0.1, 0.15) is 0 Å². The smallest absolute Gasteiger partial charge is 0.184 e. The Kier molecular flexibility index (Phi) is 2.90. The van der Waals surface area contributed by atoms with Crippen LogP contribution >= 0.6 is 0 Å². The van der Waals surface area contributed by atoms with E-state index in [4.69, 9.17) is 0 Å². The number of carbonyl (C=O) groups excluding carboxylic acids is 1. The van der Waals surface area contributed by atoms with Crippen molar-refractivity contribution in [3.8, 4) is 0 Å². The molecule has 2 heteroatoms. The Hall–Kier alpha value is -1.05. The number of carbonyl (C=O) groups is 1. The molecule has 0 spiro atoms. The average molecular weight is 152 g/mol. The van der Waals surface area contributed by atoms with Gasteiger partial charge in [-0.2, -0.15) is 0 Å². The van der Waals surface area contributed by atoms with E-state index in [1.807, 2.05) is 6.08 Å². The van der Waals surface area contributed by atoms with Gasteiger partial charge in [0.15, 0.2) is 5.78 Å². The van der Waals surface area contributed by atoms with E-state index >= 15 is 0 Å². The summed E-state index contributed by atoms with van der Waals surface area (Å²) < 4.78 is 4.64. The van der Waals surface area contributed by atoms with Crippen molar-refractivity contribution in [1.82, 2.24) is 0 Å². The number of hydrogen-bond acceptors (Lipinski definition) is 2. The topological polar surface area (TPSA) is 26.3 Å². The molecule has 0 aliphatic heterocycles. The van der Waals surface area contributed by atoms with Gasteiger partial charge in [-0.15, -0.1) is 0 Å². The van der Waals surface area contributed by atoms with Crippen molar-refractivity contribution >= 4 is 5.78 Å². The fourth-order valence-electron chi connectivity index (χ4n) is 1.13.